The van der Waals surface area contributed by atoms with Crippen molar-refractivity contribution in [1.82, 2.24) is 0 Å². The highest BCUT2D eigenvalue weighted by Crippen LogP contribution is 2.25. The lowest BCUT2D eigenvalue weighted by Crippen LogP contribution is -2.13. The zero-order valence-electron chi connectivity index (χ0n) is 13.5. The number of carboxylic acids is 1. The molecule has 3 nitrogen and oxygen atoms in total. The van der Waals surface area contributed by atoms with Crippen molar-refractivity contribution in [3.8, 4) is 0 Å². The summed E-state index contributed by atoms with van der Waals surface area (Å²) in [6.07, 6.45) is 3.49. The van der Waals surface area contributed by atoms with E-state index < -0.39 is 11.9 Å². The van der Waals surface area contributed by atoms with Crippen LogP contribution in [-0.2, 0) is 4.79 Å². The molecule has 2 aromatic rings. The summed E-state index contributed by atoms with van der Waals surface area (Å²) in [7, 11) is 0. The average molecular weight is 389 g/mol. The Morgan fingerprint density at radius 1 is 0.917 bits per heavy atom. The molecule has 0 amide bonds. The standard InChI is InChI=1S/C20H21BrO3/c21-13-6-2-5-12-18(20(23)24)16-10-7-11-17(14-16)19(22)15-8-3-1-4-9-15/h1,3-4,7-11,14,18H,2,5-6,12-13H2,(H,23,24). The van der Waals surface area contributed by atoms with Crippen molar-refractivity contribution in [2.45, 2.75) is 31.6 Å². The smallest absolute Gasteiger partial charge is 0.310 e. The summed E-state index contributed by atoms with van der Waals surface area (Å²) in [5, 5.41) is 10.5. The first-order valence-electron chi connectivity index (χ1n) is 8.12. The van der Waals surface area contributed by atoms with E-state index in [1.807, 2.05) is 18.2 Å². The van der Waals surface area contributed by atoms with Crippen LogP contribution < -0.4 is 0 Å². The van der Waals surface area contributed by atoms with E-state index in [1.165, 1.54) is 0 Å². The molecule has 2 aromatic carbocycles. The predicted molar refractivity (Wildman–Crippen MR) is 99.0 cm³/mol. The number of carbonyl (C=O) groups excluding carboxylic acids is 1. The van der Waals surface area contributed by atoms with Crippen molar-refractivity contribution in [2.24, 2.45) is 0 Å². The predicted octanol–water partition coefficient (Wildman–Crippen LogP) is 5.04. The van der Waals surface area contributed by atoms with Gasteiger partial charge >= 0.3 is 5.97 Å². The molecule has 1 unspecified atom stereocenters. The second-order valence-corrected chi connectivity index (χ2v) is 6.54. The van der Waals surface area contributed by atoms with Crippen molar-refractivity contribution in [3.63, 3.8) is 0 Å². The van der Waals surface area contributed by atoms with Crippen LogP contribution in [0.2, 0.25) is 0 Å². The minimum Gasteiger partial charge on any atom is -0.481 e. The zero-order chi connectivity index (χ0) is 17.4. The van der Waals surface area contributed by atoms with Gasteiger partial charge in [-0.1, -0.05) is 77.3 Å². The summed E-state index contributed by atoms with van der Waals surface area (Å²) in [4.78, 5) is 24.2. The Hall–Kier alpha value is -1.94. The summed E-state index contributed by atoms with van der Waals surface area (Å²) < 4.78 is 0. The molecule has 0 bridgehead atoms. The van der Waals surface area contributed by atoms with Crippen LogP contribution >= 0.6 is 15.9 Å². The summed E-state index contributed by atoms with van der Waals surface area (Å²) in [5.41, 5.74) is 1.84. The number of hydrogen-bond donors (Lipinski definition) is 1. The molecule has 0 fully saturated rings. The van der Waals surface area contributed by atoms with E-state index in [1.54, 1.807) is 36.4 Å². The van der Waals surface area contributed by atoms with Gasteiger partial charge in [0.15, 0.2) is 5.78 Å². The van der Waals surface area contributed by atoms with E-state index in [4.69, 9.17) is 0 Å². The lowest BCUT2D eigenvalue weighted by atomic mass is 9.91. The van der Waals surface area contributed by atoms with Gasteiger partial charge in [0.25, 0.3) is 0 Å². The number of unbranched alkanes of at least 4 members (excludes halogenated alkanes) is 2. The first-order valence-corrected chi connectivity index (χ1v) is 9.24. The number of carbonyl (C=O) groups is 2. The molecule has 0 saturated heterocycles. The Bertz CT molecular complexity index is 682. The Kier molecular flexibility index (Phi) is 7.19. The van der Waals surface area contributed by atoms with Crippen molar-refractivity contribution in [1.29, 1.82) is 0 Å². The SMILES string of the molecule is O=C(c1ccccc1)c1cccc(C(CCCCCBr)C(=O)O)c1. The largest absolute Gasteiger partial charge is 0.481 e. The topological polar surface area (TPSA) is 54.4 Å². The number of halogens is 1. The van der Waals surface area contributed by atoms with Crippen LogP contribution in [0.3, 0.4) is 0 Å². The second kappa shape index (κ2) is 9.38. The van der Waals surface area contributed by atoms with Gasteiger partial charge in [-0.2, -0.15) is 0 Å². The molecule has 0 saturated carbocycles. The van der Waals surface area contributed by atoms with Crippen LogP contribution in [0.25, 0.3) is 0 Å². The third-order valence-corrected chi connectivity index (χ3v) is 4.57. The van der Waals surface area contributed by atoms with Crippen molar-refractivity contribution >= 4 is 27.7 Å². The summed E-state index contributed by atoms with van der Waals surface area (Å²) in [6, 6.07) is 16.1. The monoisotopic (exact) mass is 388 g/mol. The van der Waals surface area contributed by atoms with Gasteiger partial charge in [-0.3, -0.25) is 9.59 Å². The number of alkyl halides is 1. The Balaban J connectivity index is 2.17. The van der Waals surface area contributed by atoms with Crippen LogP contribution in [0.1, 0.15) is 53.1 Å². The molecule has 126 valence electrons. The zero-order valence-corrected chi connectivity index (χ0v) is 15.0. The van der Waals surface area contributed by atoms with Crippen LogP contribution in [0.15, 0.2) is 54.6 Å². The van der Waals surface area contributed by atoms with E-state index in [9.17, 15) is 14.7 Å². The molecular weight excluding hydrogens is 368 g/mol. The first-order chi connectivity index (χ1) is 11.6. The molecule has 1 atom stereocenters. The van der Waals surface area contributed by atoms with E-state index >= 15 is 0 Å². The van der Waals surface area contributed by atoms with Crippen LogP contribution in [0.5, 0.6) is 0 Å². The van der Waals surface area contributed by atoms with Gasteiger partial charge in [-0.15, -0.1) is 0 Å². The summed E-state index contributed by atoms with van der Waals surface area (Å²) >= 11 is 3.38. The average Bonchev–Trinajstić information content (AvgIpc) is 2.61. The highest BCUT2D eigenvalue weighted by atomic mass is 79.9. The summed E-state index contributed by atoms with van der Waals surface area (Å²) in [5.74, 6) is -1.48. The van der Waals surface area contributed by atoms with Gasteiger partial charge < -0.3 is 5.11 Å². The highest BCUT2D eigenvalue weighted by Gasteiger charge is 2.20. The number of ketones is 1. The molecule has 0 aromatic heterocycles. The van der Waals surface area contributed by atoms with E-state index in [-0.39, 0.29) is 5.78 Å². The van der Waals surface area contributed by atoms with Gasteiger partial charge in [-0.25, -0.2) is 0 Å². The number of benzene rings is 2. The maximum atomic E-state index is 12.5. The first kappa shape index (κ1) is 18.4. The second-order valence-electron chi connectivity index (χ2n) is 5.75. The molecular formula is C20H21BrO3. The van der Waals surface area contributed by atoms with E-state index in [0.29, 0.717) is 23.1 Å². The number of rotatable bonds is 9. The van der Waals surface area contributed by atoms with Gasteiger partial charge in [0.2, 0.25) is 0 Å². The third kappa shape index (κ3) is 5.03. The number of carboxylic acid groups (broad SMARTS) is 1. The minimum atomic E-state index is -0.835. The van der Waals surface area contributed by atoms with Crippen molar-refractivity contribution in [2.75, 3.05) is 5.33 Å². The molecule has 0 aliphatic heterocycles. The third-order valence-electron chi connectivity index (χ3n) is 4.01. The molecule has 1 N–H and O–H groups in total. The van der Waals surface area contributed by atoms with Crippen molar-refractivity contribution < 1.29 is 14.7 Å². The minimum absolute atomic E-state index is 0.0825. The van der Waals surface area contributed by atoms with Gasteiger partial charge in [-0.05, 0) is 24.5 Å². The molecule has 0 heterocycles. The molecule has 0 radical (unpaired) electrons. The van der Waals surface area contributed by atoms with Gasteiger partial charge in [0.05, 0.1) is 5.92 Å². The molecule has 0 aliphatic carbocycles. The summed E-state index contributed by atoms with van der Waals surface area (Å²) in [6.45, 7) is 0. The molecule has 0 aliphatic rings. The Morgan fingerprint density at radius 3 is 2.29 bits per heavy atom. The van der Waals surface area contributed by atoms with Gasteiger partial charge in [0.1, 0.15) is 0 Å². The van der Waals surface area contributed by atoms with Crippen molar-refractivity contribution in [3.05, 3.63) is 71.3 Å². The fraction of sp³-hybridized carbons (Fsp3) is 0.300. The van der Waals surface area contributed by atoms with E-state index in [2.05, 4.69) is 15.9 Å². The normalized spacial score (nSPS) is 11.9. The Labute approximate surface area is 150 Å². The number of hydrogen-bond acceptors (Lipinski definition) is 2. The van der Waals surface area contributed by atoms with Gasteiger partial charge in [0, 0.05) is 16.5 Å². The fourth-order valence-corrected chi connectivity index (χ4v) is 3.10. The lowest BCUT2D eigenvalue weighted by molar-refractivity contribution is -0.139. The Morgan fingerprint density at radius 2 is 1.62 bits per heavy atom. The fourth-order valence-electron chi connectivity index (χ4n) is 2.71. The maximum Gasteiger partial charge on any atom is 0.310 e. The van der Waals surface area contributed by atoms with E-state index in [0.717, 1.165) is 24.6 Å². The number of aliphatic carboxylic acids is 1. The van der Waals surface area contributed by atoms with Crippen LogP contribution in [0.4, 0.5) is 0 Å². The lowest BCUT2D eigenvalue weighted by Gasteiger charge is -2.13. The molecule has 4 heteroatoms. The highest BCUT2D eigenvalue weighted by molar-refractivity contribution is 9.09. The van der Waals surface area contributed by atoms with Crippen LogP contribution in [-0.4, -0.2) is 22.2 Å². The van der Waals surface area contributed by atoms with Crippen LogP contribution in [0, 0.1) is 0 Å². The quantitative estimate of drug-likeness (QED) is 0.371. The molecule has 24 heavy (non-hydrogen) atoms. The molecule has 0 spiro atoms. The maximum absolute atomic E-state index is 12.5. The molecule has 2 rings (SSSR count).